The van der Waals surface area contributed by atoms with Crippen LogP contribution in [0.25, 0.3) is 0 Å². The second kappa shape index (κ2) is 7.47. The van der Waals surface area contributed by atoms with E-state index in [9.17, 15) is 18.5 Å². The van der Waals surface area contributed by atoms with Crippen molar-refractivity contribution in [2.75, 3.05) is 18.4 Å². The lowest BCUT2D eigenvalue weighted by molar-refractivity contribution is -0.112. The van der Waals surface area contributed by atoms with E-state index >= 15 is 0 Å². The molecule has 1 atom stereocenters. The average Bonchev–Trinajstić information content (AvgIpc) is 2.52. The number of carbonyl (C=O) groups excluding carboxylic acids is 1. The van der Waals surface area contributed by atoms with Gasteiger partial charge in [-0.1, -0.05) is 13.0 Å². The van der Waals surface area contributed by atoms with Crippen LogP contribution in [0.4, 0.5) is 5.69 Å². The fourth-order valence-electron chi connectivity index (χ4n) is 2.60. The highest BCUT2D eigenvalue weighted by atomic mass is 32.2. The third-order valence-corrected chi connectivity index (χ3v) is 4.60. The minimum Gasteiger partial charge on any atom is -0.376 e. The zero-order chi connectivity index (χ0) is 17.7. The molecule has 0 bridgehead atoms. The van der Waals surface area contributed by atoms with Crippen molar-refractivity contribution in [1.82, 2.24) is 4.90 Å². The summed E-state index contributed by atoms with van der Waals surface area (Å²) in [6, 6.07) is 7.07. The largest absolute Gasteiger partial charge is 0.376 e. The lowest BCUT2D eigenvalue weighted by atomic mass is 10.0. The number of piperidine rings is 1. The van der Waals surface area contributed by atoms with E-state index in [1.807, 2.05) is 11.0 Å². The normalized spacial score (nSPS) is 18.8. The van der Waals surface area contributed by atoms with Crippen molar-refractivity contribution in [3.8, 4) is 6.07 Å². The minimum absolute atomic E-state index is 0.0543. The van der Waals surface area contributed by atoms with Crippen LogP contribution in [0.5, 0.6) is 0 Å². The molecule has 1 aliphatic heterocycles. The number of carbonyl (C=O) groups is 1. The van der Waals surface area contributed by atoms with Gasteiger partial charge in [0.1, 0.15) is 11.6 Å². The number of hydrogen-bond donors (Lipinski definition) is 2. The highest BCUT2D eigenvalue weighted by Crippen LogP contribution is 2.18. The molecule has 1 aliphatic rings. The molecule has 1 saturated heterocycles. The molecule has 0 aliphatic carbocycles. The number of hydrogen-bond acceptors (Lipinski definition) is 5. The number of rotatable bonds is 4. The smallest absolute Gasteiger partial charge is 0.294 e. The zero-order valence-electron chi connectivity index (χ0n) is 13.3. The molecule has 2 rings (SSSR count). The van der Waals surface area contributed by atoms with E-state index in [4.69, 9.17) is 4.55 Å². The molecule has 0 spiro atoms. The molecular formula is C16H19N3O4S. The van der Waals surface area contributed by atoms with E-state index in [0.717, 1.165) is 32.0 Å². The summed E-state index contributed by atoms with van der Waals surface area (Å²) in [6.07, 6.45) is 3.67. The highest BCUT2D eigenvalue weighted by Gasteiger charge is 2.17. The second-order valence-electron chi connectivity index (χ2n) is 5.85. The van der Waals surface area contributed by atoms with Crippen LogP contribution >= 0.6 is 0 Å². The standard InChI is InChI=1S/C16H19N3O4S/c1-12-4-3-7-19(10-12)11-13(9-17)16(20)18-14-5-2-6-15(8-14)24(21,22)23/h2,5-6,8,11-12H,3-4,7,10H2,1H3,(H,18,20)(H,21,22,23)/b13-11-. The summed E-state index contributed by atoms with van der Waals surface area (Å²) in [5.41, 5.74) is 0.129. The number of amides is 1. The van der Waals surface area contributed by atoms with Crippen molar-refractivity contribution < 1.29 is 17.8 Å². The van der Waals surface area contributed by atoms with Crippen LogP contribution in [-0.4, -0.2) is 36.9 Å². The van der Waals surface area contributed by atoms with Crippen molar-refractivity contribution in [2.24, 2.45) is 5.92 Å². The Kier molecular flexibility index (Phi) is 5.59. The number of anilines is 1. The topological polar surface area (TPSA) is 111 Å². The molecule has 2 N–H and O–H groups in total. The van der Waals surface area contributed by atoms with Crippen LogP contribution < -0.4 is 5.32 Å². The van der Waals surface area contributed by atoms with Crippen LogP contribution in [0, 0.1) is 17.2 Å². The van der Waals surface area contributed by atoms with E-state index in [2.05, 4.69) is 12.2 Å². The first-order valence-corrected chi connectivity index (χ1v) is 8.98. The molecule has 7 nitrogen and oxygen atoms in total. The molecule has 1 aromatic rings. The summed E-state index contributed by atoms with van der Waals surface area (Å²) >= 11 is 0. The fourth-order valence-corrected chi connectivity index (χ4v) is 3.12. The highest BCUT2D eigenvalue weighted by molar-refractivity contribution is 7.85. The van der Waals surface area contributed by atoms with Crippen molar-refractivity contribution >= 4 is 21.7 Å². The Labute approximate surface area is 141 Å². The number of benzene rings is 1. The molecule has 8 heteroatoms. The van der Waals surface area contributed by atoms with E-state index in [-0.39, 0.29) is 16.2 Å². The molecular weight excluding hydrogens is 330 g/mol. The van der Waals surface area contributed by atoms with Gasteiger partial charge >= 0.3 is 0 Å². The molecule has 24 heavy (non-hydrogen) atoms. The van der Waals surface area contributed by atoms with Crippen molar-refractivity contribution in [2.45, 2.75) is 24.7 Å². The first kappa shape index (κ1) is 18.0. The number of nitrogens with zero attached hydrogens (tertiary/aromatic N) is 2. The zero-order valence-corrected chi connectivity index (χ0v) is 14.1. The van der Waals surface area contributed by atoms with Gasteiger partial charge in [0.05, 0.1) is 4.90 Å². The van der Waals surface area contributed by atoms with Gasteiger partial charge in [-0.05, 0) is 37.0 Å². The van der Waals surface area contributed by atoms with Gasteiger partial charge in [0.25, 0.3) is 16.0 Å². The van der Waals surface area contributed by atoms with Gasteiger partial charge in [0, 0.05) is 25.0 Å². The Morgan fingerprint density at radius 2 is 2.25 bits per heavy atom. The number of likely N-dealkylation sites (tertiary alicyclic amines) is 1. The quantitative estimate of drug-likeness (QED) is 0.489. The molecule has 1 amide bonds. The Hall–Kier alpha value is -2.37. The third kappa shape index (κ3) is 4.81. The molecule has 1 aromatic carbocycles. The average molecular weight is 349 g/mol. The van der Waals surface area contributed by atoms with Gasteiger partial charge in [0.15, 0.2) is 0 Å². The molecule has 1 heterocycles. The van der Waals surface area contributed by atoms with Gasteiger partial charge in [-0.25, -0.2) is 0 Å². The second-order valence-corrected chi connectivity index (χ2v) is 7.28. The van der Waals surface area contributed by atoms with Gasteiger partial charge in [-0.2, -0.15) is 13.7 Å². The SMILES string of the molecule is CC1CCCN(/C=C(/C#N)C(=O)Nc2cccc(S(=O)(=O)O)c2)C1. The summed E-state index contributed by atoms with van der Waals surface area (Å²) in [7, 11) is -4.35. The van der Waals surface area contributed by atoms with Crippen LogP contribution in [-0.2, 0) is 14.9 Å². The minimum atomic E-state index is -4.35. The fraction of sp³-hybridized carbons (Fsp3) is 0.375. The van der Waals surface area contributed by atoms with E-state index in [1.54, 1.807) is 0 Å². The predicted molar refractivity (Wildman–Crippen MR) is 88.6 cm³/mol. The lowest BCUT2D eigenvalue weighted by Crippen LogP contribution is -2.31. The molecule has 0 saturated carbocycles. The molecule has 0 aromatic heterocycles. The summed E-state index contributed by atoms with van der Waals surface area (Å²) < 4.78 is 31.3. The third-order valence-electron chi connectivity index (χ3n) is 3.75. The van der Waals surface area contributed by atoms with Crippen molar-refractivity contribution in [3.63, 3.8) is 0 Å². The molecule has 1 fully saturated rings. The summed E-state index contributed by atoms with van der Waals surface area (Å²) in [5, 5.41) is 11.7. The van der Waals surface area contributed by atoms with E-state index < -0.39 is 16.0 Å². The van der Waals surface area contributed by atoms with Gasteiger partial charge in [0.2, 0.25) is 0 Å². The Bertz CT molecular complexity index is 796. The molecule has 128 valence electrons. The van der Waals surface area contributed by atoms with Crippen LogP contribution in [0.15, 0.2) is 40.9 Å². The predicted octanol–water partition coefficient (Wildman–Crippen LogP) is 2.01. The maximum absolute atomic E-state index is 12.2. The van der Waals surface area contributed by atoms with Gasteiger partial charge < -0.3 is 10.2 Å². The van der Waals surface area contributed by atoms with Gasteiger partial charge in [-0.3, -0.25) is 9.35 Å². The summed E-state index contributed by atoms with van der Waals surface area (Å²) in [5.74, 6) is -0.118. The number of nitriles is 1. The maximum atomic E-state index is 12.2. The number of nitrogens with one attached hydrogen (secondary N) is 1. The Morgan fingerprint density at radius 3 is 2.88 bits per heavy atom. The maximum Gasteiger partial charge on any atom is 0.294 e. The Balaban J connectivity index is 2.14. The first-order chi connectivity index (χ1) is 11.3. The van der Waals surface area contributed by atoms with E-state index in [0.29, 0.717) is 5.92 Å². The first-order valence-electron chi connectivity index (χ1n) is 7.54. The molecule has 0 radical (unpaired) electrons. The summed E-state index contributed by atoms with van der Waals surface area (Å²) in [4.78, 5) is 13.8. The van der Waals surface area contributed by atoms with Crippen LogP contribution in [0.2, 0.25) is 0 Å². The van der Waals surface area contributed by atoms with Gasteiger partial charge in [-0.15, -0.1) is 0 Å². The molecule has 1 unspecified atom stereocenters. The van der Waals surface area contributed by atoms with Crippen LogP contribution in [0.1, 0.15) is 19.8 Å². The lowest BCUT2D eigenvalue weighted by Gasteiger charge is -2.29. The van der Waals surface area contributed by atoms with Crippen molar-refractivity contribution in [3.05, 3.63) is 36.0 Å². The monoisotopic (exact) mass is 349 g/mol. The van der Waals surface area contributed by atoms with E-state index in [1.165, 1.54) is 24.4 Å². The van der Waals surface area contributed by atoms with Crippen molar-refractivity contribution in [1.29, 1.82) is 5.26 Å². The Morgan fingerprint density at radius 1 is 1.50 bits per heavy atom. The van der Waals surface area contributed by atoms with Crippen LogP contribution in [0.3, 0.4) is 0 Å². The summed E-state index contributed by atoms with van der Waals surface area (Å²) in [6.45, 7) is 3.70.